The van der Waals surface area contributed by atoms with Crippen LogP contribution in [0.3, 0.4) is 0 Å². The van der Waals surface area contributed by atoms with Crippen molar-refractivity contribution in [3.63, 3.8) is 0 Å². The molecule has 36 heavy (non-hydrogen) atoms. The van der Waals surface area contributed by atoms with Crippen molar-refractivity contribution in [2.75, 3.05) is 0 Å². The highest BCUT2D eigenvalue weighted by Gasteiger charge is 2.30. The first-order chi connectivity index (χ1) is 17.4. The van der Waals surface area contributed by atoms with Crippen LogP contribution in [0, 0.1) is 5.92 Å². The summed E-state index contributed by atoms with van der Waals surface area (Å²) in [5.74, 6) is -0.659. The topological polar surface area (TPSA) is 26.3 Å². The number of carbonyl (C=O) groups is 1. The van der Waals surface area contributed by atoms with Crippen LogP contribution in [0.4, 0.5) is 0 Å². The van der Waals surface area contributed by atoms with Crippen LogP contribution in [0.1, 0.15) is 32.3 Å². The van der Waals surface area contributed by atoms with Crippen LogP contribution >= 0.6 is 7.92 Å². The van der Waals surface area contributed by atoms with Gasteiger partial charge in [0.1, 0.15) is 12.0 Å². The quantitative estimate of drug-likeness (QED) is 0.176. The molecule has 0 saturated heterocycles. The fraction of sp³-hybridized carbons (Fsp3) is 0.182. The fourth-order valence-electron chi connectivity index (χ4n) is 4.61. The third-order valence-corrected chi connectivity index (χ3v) is 8.59. The van der Waals surface area contributed by atoms with Crippen molar-refractivity contribution in [3.05, 3.63) is 133 Å². The molecule has 0 aromatic heterocycles. The van der Waals surface area contributed by atoms with Gasteiger partial charge in [0.2, 0.25) is 0 Å². The first kappa shape index (κ1) is 25.6. The number of benzene rings is 3. The van der Waals surface area contributed by atoms with Gasteiger partial charge in [0.25, 0.3) is 0 Å². The number of hydrogen-bond acceptors (Lipinski definition) is 2. The Bertz CT molecular complexity index is 1230. The fourth-order valence-corrected chi connectivity index (χ4v) is 7.08. The minimum absolute atomic E-state index is 0.221. The summed E-state index contributed by atoms with van der Waals surface area (Å²) < 4.78 is 6.03. The molecule has 1 aliphatic carbocycles. The van der Waals surface area contributed by atoms with Gasteiger partial charge in [-0.1, -0.05) is 114 Å². The minimum Gasteiger partial charge on any atom is -0.461 e. The number of allylic oxidation sites excluding steroid dienone is 2. The zero-order valence-corrected chi connectivity index (χ0v) is 22.0. The third kappa shape index (κ3) is 6.20. The van der Waals surface area contributed by atoms with E-state index in [-0.39, 0.29) is 12.1 Å². The minimum atomic E-state index is -0.805. The van der Waals surface area contributed by atoms with E-state index in [1.807, 2.05) is 26.0 Å². The molecule has 0 amide bonds. The average Bonchev–Trinajstić information content (AvgIpc) is 3.35. The Balaban J connectivity index is 1.69. The molecule has 0 spiro atoms. The highest BCUT2D eigenvalue weighted by molar-refractivity contribution is 7.80. The van der Waals surface area contributed by atoms with Gasteiger partial charge in [0.05, 0.1) is 0 Å². The Morgan fingerprint density at radius 2 is 1.36 bits per heavy atom. The molecule has 3 aromatic carbocycles. The smallest absolute Gasteiger partial charge is 0.317 e. The molecule has 1 unspecified atom stereocenters. The lowest BCUT2D eigenvalue weighted by Crippen LogP contribution is -2.27. The summed E-state index contributed by atoms with van der Waals surface area (Å²) >= 11 is 0. The van der Waals surface area contributed by atoms with Gasteiger partial charge in [-0.25, -0.2) is 0 Å². The maximum absolute atomic E-state index is 13.5. The van der Waals surface area contributed by atoms with Gasteiger partial charge in [-0.2, -0.15) is 0 Å². The second-order valence-corrected chi connectivity index (χ2v) is 11.6. The molecule has 0 radical (unpaired) electrons. The molecule has 2 nitrogen and oxygen atoms in total. The highest BCUT2D eigenvalue weighted by atomic mass is 31.1. The molecule has 1 aliphatic rings. The third-order valence-electron chi connectivity index (χ3n) is 6.09. The van der Waals surface area contributed by atoms with Gasteiger partial charge in [0.15, 0.2) is 0 Å². The second-order valence-electron chi connectivity index (χ2n) is 9.39. The number of esters is 1. The lowest BCUT2D eigenvalue weighted by atomic mass is 9.95. The predicted molar refractivity (Wildman–Crippen MR) is 154 cm³/mol. The molecule has 3 heteroatoms. The highest BCUT2D eigenvalue weighted by Crippen LogP contribution is 2.39. The van der Waals surface area contributed by atoms with Gasteiger partial charge in [-0.3, -0.25) is 4.79 Å². The molecule has 4 rings (SSSR count). The Morgan fingerprint density at radius 3 is 1.92 bits per heavy atom. The summed E-state index contributed by atoms with van der Waals surface area (Å²) in [6, 6.07) is 29.7. The summed E-state index contributed by atoms with van der Waals surface area (Å²) in [6.07, 6.45) is 7.00. The molecule has 3 aromatic rings. The molecule has 0 aliphatic heterocycles. The van der Waals surface area contributed by atoms with Crippen molar-refractivity contribution in [1.82, 2.24) is 0 Å². The van der Waals surface area contributed by atoms with Gasteiger partial charge >= 0.3 is 5.97 Å². The standard InChI is InChI=1S/C33H33O2P/c1-24(2)22-26(23-25(3)4)35-33(34)31-20-13-19-29(31)30-18-11-12-21-32(30)36(27-14-7-5-8-15-27)28-16-9-6-10-17-28/h5-21,26,31H,1,3,22-23H2,2,4H3. The van der Waals surface area contributed by atoms with Crippen LogP contribution in [0.5, 0.6) is 0 Å². The van der Waals surface area contributed by atoms with E-state index in [0.717, 1.165) is 22.3 Å². The van der Waals surface area contributed by atoms with E-state index in [0.29, 0.717) is 12.8 Å². The zero-order chi connectivity index (χ0) is 25.5. The SMILES string of the molecule is C=C(C)CC(CC(=C)C)OC(=O)C1C=CC=C1c1ccccc1P(c1ccccc1)c1ccccc1. The first-order valence-electron chi connectivity index (χ1n) is 12.3. The Morgan fingerprint density at radius 1 is 0.833 bits per heavy atom. The molecular formula is C33H33O2P. The van der Waals surface area contributed by atoms with Gasteiger partial charge in [0, 0.05) is 12.8 Å². The summed E-state index contributed by atoms with van der Waals surface area (Å²) in [6.45, 7) is 12.0. The maximum atomic E-state index is 13.5. The zero-order valence-electron chi connectivity index (χ0n) is 21.1. The van der Waals surface area contributed by atoms with Crippen LogP contribution in [0.25, 0.3) is 5.57 Å². The maximum Gasteiger partial charge on any atom is 0.317 e. The number of rotatable bonds is 10. The van der Waals surface area contributed by atoms with Crippen LogP contribution < -0.4 is 15.9 Å². The van der Waals surface area contributed by atoms with Crippen LogP contribution in [-0.2, 0) is 9.53 Å². The molecule has 0 fully saturated rings. The normalized spacial score (nSPS) is 14.7. The van der Waals surface area contributed by atoms with Gasteiger partial charge < -0.3 is 4.74 Å². The Labute approximate surface area is 216 Å². The van der Waals surface area contributed by atoms with Gasteiger partial charge in [-0.05, 0) is 48.8 Å². The molecule has 182 valence electrons. The van der Waals surface area contributed by atoms with Crippen LogP contribution in [0.15, 0.2) is 127 Å². The Kier molecular flexibility index (Phi) is 8.52. The first-order valence-corrected chi connectivity index (χ1v) is 13.7. The molecule has 0 N–H and O–H groups in total. The molecule has 0 heterocycles. The molecule has 1 atom stereocenters. The predicted octanol–water partition coefficient (Wildman–Crippen LogP) is 6.86. The van der Waals surface area contributed by atoms with Crippen molar-refractivity contribution in [3.8, 4) is 0 Å². The molecule has 0 bridgehead atoms. The van der Waals surface area contributed by atoms with Crippen molar-refractivity contribution < 1.29 is 9.53 Å². The second kappa shape index (κ2) is 12.0. The number of carbonyl (C=O) groups excluding carboxylic acids is 1. The van der Waals surface area contributed by atoms with E-state index in [9.17, 15) is 4.79 Å². The summed E-state index contributed by atoms with van der Waals surface area (Å²) in [5.41, 5.74) is 4.07. The lowest BCUT2D eigenvalue weighted by Gasteiger charge is -2.25. The van der Waals surface area contributed by atoms with Crippen molar-refractivity contribution in [1.29, 1.82) is 0 Å². The largest absolute Gasteiger partial charge is 0.461 e. The summed E-state index contributed by atoms with van der Waals surface area (Å²) in [7, 11) is -0.805. The molecular weight excluding hydrogens is 459 g/mol. The number of hydrogen-bond donors (Lipinski definition) is 0. The monoisotopic (exact) mass is 492 g/mol. The number of ether oxygens (including phenoxy) is 1. The van der Waals surface area contributed by atoms with Gasteiger partial charge in [-0.15, -0.1) is 13.2 Å². The van der Waals surface area contributed by atoms with Crippen LogP contribution in [0.2, 0.25) is 0 Å². The van der Waals surface area contributed by atoms with E-state index in [2.05, 4.69) is 104 Å². The van der Waals surface area contributed by atoms with E-state index in [4.69, 9.17) is 4.74 Å². The summed E-state index contributed by atoms with van der Waals surface area (Å²) in [5, 5.41) is 3.79. The van der Waals surface area contributed by atoms with E-state index < -0.39 is 13.8 Å². The Hall–Kier alpha value is -3.48. The van der Waals surface area contributed by atoms with Crippen LogP contribution in [-0.4, -0.2) is 12.1 Å². The van der Waals surface area contributed by atoms with E-state index in [1.54, 1.807) is 0 Å². The van der Waals surface area contributed by atoms with Crippen molar-refractivity contribution in [2.45, 2.75) is 32.8 Å². The van der Waals surface area contributed by atoms with E-state index in [1.165, 1.54) is 15.9 Å². The van der Waals surface area contributed by atoms with E-state index >= 15 is 0 Å². The van der Waals surface area contributed by atoms with Crippen molar-refractivity contribution >= 4 is 35.4 Å². The average molecular weight is 493 g/mol. The lowest BCUT2D eigenvalue weighted by molar-refractivity contribution is -0.150. The van der Waals surface area contributed by atoms with Crippen molar-refractivity contribution in [2.24, 2.45) is 5.92 Å². The molecule has 0 saturated carbocycles. The summed E-state index contributed by atoms with van der Waals surface area (Å²) in [4.78, 5) is 13.5.